The quantitative estimate of drug-likeness (QED) is 0.812. The van der Waals surface area contributed by atoms with Crippen LogP contribution in [0.5, 0.6) is 0 Å². The molecule has 1 aromatic rings. The van der Waals surface area contributed by atoms with E-state index in [0.29, 0.717) is 18.0 Å². The second kappa shape index (κ2) is 6.58. The fourth-order valence-corrected chi connectivity index (χ4v) is 3.22. The number of amides is 1. The highest BCUT2D eigenvalue weighted by Crippen LogP contribution is 2.23. The van der Waals surface area contributed by atoms with Crippen molar-refractivity contribution in [2.45, 2.75) is 50.5 Å². The fourth-order valence-electron chi connectivity index (χ4n) is 1.87. The first kappa shape index (κ1) is 16.0. The van der Waals surface area contributed by atoms with Gasteiger partial charge in [-0.25, -0.2) is 13.1 Å². The number of rotatable bonds is 7. The van der Waals surface area contributed by atoms with E-state index >= 15 is 0 Å². The Morgan fingerprint density at radius 3 is 2.67 bits per heavy atom. The summed E-state index contributed by atoms with van der Waals surface area (Å²) in [7, 11) is -3.48. The van der Waals surface area contributed by atoms with Crippen molar-refractivity contribution in [1.82, 2.24) is 4.72 Å². The van der Waals surface area contributed by atoms with Gasteiger partial charge in [0.05, 0.1) is 4.90 Å². The average Bonchev–Trinajstić information content (AvgIpc) is 3.20. The van der Waals surface area contributed by atoms with Gasteiger partial charge >= 0.3 is 0 Å². The molecule has 0 radical (unpaired) electrons. The Morgan fingerprint density at radius 2 is 2.05 bits per heavy atom. The molecule has 0 bridgehead atoms. The molecule has 2 N–H and O–H groups in total. The predicted molar refractivity (Wildman–Crippen MR) is 82.5 cm³/mol. The van der Waals surface area contributed by atoms with Crippen LogP contribution in [0.4, 0.5) is 5.69 Å². The standard InChI is InChI=1S/C15H22N2O3S/c1-11(2)6-9-15(18)16-13-4-3-5-14(10-13)21(19,20)17-12-7-8-12/h3-5,10-12,17H,6-9H2,1-2H3,(H,16,18). The topological polar surface area (TPSA) is 75.3 Å². The number of hydrogen-bond acceptors (Lipinski definition) is 3. The summed E-state index contributed by atoms with van der Waals surface area (Å²) in [5.41, 5.74) is 0.516. The summed E-state index contributed by atoms with van der Waals surface area (Å²) < 4.78 is 26.9. The maximum Gasteiger partial charge on any atom is 0.240 e. The van der Waals surface area contributed by atoms with E-state index < -0.39 is 10.0 Å². The Balaban J connectivity index is 2.01. The van der Waals surface area contributed by atoms with Crippen LogP contribution in [0.3, 0.4) is 0 Å². The molecule has 6 heteroatoms. The van der Waals surface area contributed by atoms with Crippen LogP contribution in [0.1, 0.15) is 39.5 Å². The van der Waals surface area contributed by atoms with Crippen molar-refractivity contribution in [2.24, 2.45) is 5.92 Å². The Morgan fingerprint density at radius 1 is 1.33 bits per heavy atom. The zero-order valence-electron chi connectivity index (χ0n) is 12.4. The molecule has 0 spiro atoms. The molecule has 1 amide bonds. The summed E-state index contributed by atoms with van der Waals surface area (Å²) in [6, 6.07) is 6.44. The number of anilines is 1. The van der Waals surface area contributed by atoms with Gasteiger partial charge in [0.15, 0.2) is 0 Å². The van der Waals surface area contributed by atoms with Crippen LogP contribution in [0.25, 0.3) is 0 Å². The van der Waals surface area contributed by atoms with Gasteiger partial charge in [0.25, 0.3) is 0 Å². The van der Waals surface area contributed by atoms with Gasteiger partial charge < -0.3 is 5.32 Å². The molecule has 1 saturated carbocycles. The molecule has 1 aliphatic rings. The van der Waals surface area contributed by atoms with Crippen LogP contribution in [0.2, 0.25) is 0 Å². The summed E-state index contributed by atoms with van der Waals surface area (Å²) in [5, 5.41) is 2.75. The van der Waals surface area contributed by atoms with Gasteiger partial charge in [0.2, 0.25) is 15.9 Å². The predicted octanol–water partition coefficient (Wildman–Crippen LogP) is 2.50. The normalized spacial score (nSPS) is 15.2. The van der Waals surface area contributed by atoms with Crippen molar-refractivity contribution in [2.75, 3.05) is 5.32 Å². The van der Waals surface area contributed by atoms with Crippen molar-refractivity contribution in [3.05, 3.63) is 24.3 Å². The molecule has 21 heavy (non-hydrogen) atoms. The third kappa shape index (κ3) is 5.13. The molecule has 0 heterocycles. The molecule has 0 aliphatic heterocycles. The molecule has 1 aromatic carbocycles. The van der Waals surface area contributed by atoms with Crippen LogP contribution in [-0.2, 0) is 14.8 Å². The van der Waals surface area contributed by atoms with Gasteiger partial charge in [-0.1, -0.05) is 19.9 Å². The molecule has 116 valence electrons. The van der Waals surface area contributed by atoms with E-state index in [1.807, 2.05) is 0 Å². The number of benzene rings is 1. The lowest BCUT2D eigenvalue weighted by atomic mass is 10.1. The van der Waals surface area contributed by atoms with Crippen LogP contribution >= 0.6 is 0 Å². The lowest BCUT2D eigenvalue weighted by Crippen LogP contribution is -2.25. The Labute approximate surface area is 126 Å². The number of nitrogens with one attached hydrogen (secondary N) is 2. The highest BCUT2D eigenvalue weighted by Gasteiger charge is 2.28. The summed E-state index contributed by atoms with van der Waals surface area (Å²) in [5.74, 6) is 0.374. The lowest BCUT2D eigenvalue weighted by Gasteiger charge is -2.09. The van der Waals surface area contributed by atoms with Crippen LogP contribution in [-0.4, -0.2) is 20.4 Å². The summed E-state index contributed by atoms with van der Waals surface area (Å²) in [6.07, 6.45) is 3.04. The van der Waals surface area contributed by atoms with Crippen molar-refractivity contribution >= 4 is 21.6 Å². The SMILES string of the molecule is CC(C)CCC(=O)Nc1cccc(S(=O)(=O)NC2CC2)c1. The highest BCUT2D eigenvalue weighted by atomic mass is 32.2. The first-order valence-corrected chi connectivity index (χ1v) is 8.77. The van der Waals surface area contributed by atoms with Gasteiger partial charge in [-0.3, -0.25) is 4.79 Å². The van der Waals surface area contributed by atoms with E-state index in [4.69, 9.17) is 0 Å². The number of hydrogen-bond donors (Lipinski definition) is 2. The number of sulfonamides is 1. The molecule has 1 fully saturated rings. The molecule has 0 atom stereocenters. The second-order valence-corrected chi connectivity index (χ2v) is 7.62. The van der Waals surface area contributed by atoms with Gasteiger partial charge in [-0.05, 0) is 43.4 Å². The molecule has 1 aliphatic carbocycles. The summed E-state index contributed by atoms with van der Waals surface area (Å²) in [4.78, 5) is 12.0. The largest absolute Gasteiger partial charge is 0.326 e. The maximum atomic E-state index is 12.1. The van der Waals surface area contributed by atoms with E-state index in [1.54, 1.807) is 12.1 Å². The monoisotopic (exact) mass is 310 g/mol. The van der Waals surface area contributed by atoms with E-state index in [0.717, 1.165) is 19.3 Å². The summed E-state index contributed by atoms with van der Waals surface area (Å²) in [6.45, 7) is 4.12. The highest BCUT2D eigenvalue weighted by molar-refractivity contribution is 7.89. The zero-order chi connectivity index (χ0) is 15.5. The van der Waals surface area contributed by atoms with Crippen molar-refractivity contribution < 1.29 is 13.2 Å². The van der Waals surface area contributed by atoms with Crippen molar-refractivity contribution in [1.29, 1.82) is 0 Å². The molecule has 0 aromatic heterocycles. The molecule has 0 unspecified atom stereocenters. The van der Waals surface area contributed by atoms with Gasteiger partial charge in [0.1, 0.15) is 0 Å². The minimum absolute atomic E-state index is 0.0688. The maximum absolute atomic E-state index is 12.1. The smallest absolute Gasteiger partial charge is 0.240 e. The van der Waals surface area contributed by atoms with Crippen LogP contribution in [0, 0.1) is 5.92 Å². The molecule has 0 saturated heterocycles. The Kier molecular flexibility index (Phi) is 5.00. The van der Waals surface area contributed by atoms with Crippen LogP contribution < -0.4 is 10.0 Å². The Bertz CT molecular complexity index is 607. The number of carbonyl (C=O) groups is 1. The minimum atomic E-state index is -3.48. The molecule has 2 rings (SSSR count). The second-order valence-electron chi connectivity index (χ2n) is 5.90. The van der Waals surface area contributed by atoms with Gasteiger partial charge in [0, 0.05) is 18.2 Å². The average molecular weight is 310 g/mol. The minimum Gasteiger partial charge on any atom is -0.326 e. The van der Waals surface area contributed by atoms with Gasteiger partial charge in [-0.15, -0.1) is 0 Å². The number of carbonyl (C=O) groups excluding carboxylic acids is 1. The van der Waals surface area contributed by atoms with Crippen LogP contribution in [0.15, 0.2) is 29.2 Å². The third-order valence-electron chi connectivity index (χ3n) is 3.28. The van der Waals surface area contributed by atoms with Crippen molar-refractivity contribution in [3.63, 3.8) is 0 Å². The fraction of sp³-hybridized carbons (Fsp3) is 0.533. The van der Waals surface area contributed by atoms with Crippen molar-refractivity contribution in [3.8, 4) is 0 Å². The molecular weight excluding hydrogens is 288 g/mol. The zero-order valence-corrected chi connectivity index (χ0v) is 13.2. The molecular formula is C15H22N2O3S. The van der Waals surface area contributed by atoms with E-state index in [-0.39, 0.29) is 16.8 Å². The molecule has 5 nitrogen and oxygen atoms in total. The summed E-state index contributed by atoms with van der Waals surface area (Å²) >= 11 is 0. The van der Waals surface area contributed by atoms with E-state index in [1.165, 1.54) is 12.1 Å². The lowest BCUT2D eigenvalue weighted by molar-refractivity contribution is -0.116. The first-order chi connectivity index (χ1) is 9.87. The Hall–Kier alpha value is -1.40. The van der Waals surface area contributed by atoms with E-state index in [9.17, 15) is 13.2 Å². The van der Waals surface area contributed by atoms with E-state index in [2.05, 4.69) is 23.9 Å². The third-order valence-corrected chi connectivity index (χ3v) is 4.79. The van der Waals surface area contributed by atoms with Gasteiger partial charge in [-0.2, -0.15) is 0 Å². The first-order valence-electron chi connectivity index (χ1n) is 7.29.